The van der Waals surface area contributed by atoms with E-state index < -0.39 is 0 Å². The summed E-state index contributed by atoms with van der Waals surface area (Å²) in [6, 6.07) is 10.1. The molecule has 0 aliphatic carbocycles. The van der Waals surface area contributed by atoms with Gasteiger partial charge in [-0.15, -0.1) is 0 Å². The Morgan fingerprint density at radius 2 is 1.88 bits per heavy atom. The number of amides is 1. The maximum absolute atomic E-state index is 13.7. The van der Waals surface area contributed by atoms with Crippen molar-refractivity contribution in [1.82, 2.24) is 19.5 Å². The Kier molecular flexibility index (Phi) is 4.89. The van der Waals surface area contributed by atoms with Gasteiger partial charge in [0.05, 0.1) is 23.1 Å². The lowest BCUT2D eigenvalue weighted by molar-refractivity contribution is -0.135. The van der Waals surface area contributed by atoms with E-state index in [-0.39, 0.29) is 18.1 Å². The number of nitrogens with zero attached hydrogens (tertiary/aromatic N) is 6. The summed E-state index contributed by atoms with van der Waals surface area (Å²) in [6.07, 6.45) is 7.20. The van der Waals surface area contributed by atoms with E-state index >= 15 is 0 Å². The van der Waals surface area contributed by atoms with Gasteiger partial charge in [0.25, 0.3) is 5.91 Å². The Labute approximate surface area is 194 Å². The topological polar surface area (TPSA) is 69.0 Å². The molecule has 1 aromatic carbocycles. The van der Waals surface area contributed by atoms with Crippen molar-refractivity contribution in [2.24, 2.45) is 0 Å². The van der Waals surface area contributed by atoms with Crippen LogP contribution in [0.1, 0.15) is 49.4 Å². The number of rotatable bonds is 3. The van der Waals surface area contributed by atoms with E-state index in [4.69, 9.17) is 10.1 Å². The fourth-order valence-corrected chi connectivity index (χ4v) is 5.60. The van der Waals surface area contributed by atoms with Crippen molar-refractivity contribution in [2.45, 2.75) is 51.2 Å². The first-order valence-corrected chi connectivity index (χ1v) is 12.1. The second kappa shape index (κ2) is 7.93. The van der Waals surface area contributed by atoms with Crippen LogP contribution in [0.15, 0.2) is 36.5 Å². The summed E-state index contributed by atoms with van der Waals surface area (Å²) >= 11 is 0. The summed E-state index contributed by atoms with van der Waals surface area (Å²) in [6.45, 7) is 5.00. The zero-order chi connectivity index (χ0) is 22.5. The number of carbonyl (C=O) groups is 1. The summed E-state index contributed by atoms with van der Waals surface area (Å²) in [7, 11) is 1.98. The van der Waals surface area contributed by atoms with Crippen molar-refractivity contribution < 1.29 is 4.79 Å². The molecule has 3 aromatic rings. The Morgan fingerprint density at radius 3 is 2.70 bits per heavy atom. The maximum atomic E-state index is 13.7. The third-order valence-electron chi connectivity index (χ3n) is 7.35. The van der Waals surface area contributed by atoms with E-state index in [0.717, 1.165) is 73.0 Å². The fourth-order valence-electron chi connectivity index (χ4n) is 5.60. The van der Waals surface area contributed by atoms with Gasteiger partial charge in [-0.25, -0.2) is 9.50 Å². The molecular weight excluding hydrogens is 414 g/mol. The average Bonchev–Trinajstić information content (AvgIpc) is 3.57. The number of anilines is 3. The highest BCUT2D eigenvalue weighted by atomic mass is 16.2. The van der Waals surface area contributed by atoms with Gasteiger partial charge < -0.3 is 20.0 Å². The Morgan fingerprint density at radius 1 is 1.09 bits per heavy atom. The van der Waals surface area contributed by atoms with Crippen LogP contribution in [0.5, 0.6) is 0 Å². The number of carbonyl (C=O) groups excluding carboxylic acids is 1. The van der Waals surface area contributed by atoms with Crippen LogP contribution in [0.2, 0.25) is 0 Å². The largest absolute Gasteiger partial charge is 0.356 e. The van der Waals surface area contributed by atoms with E-state index in [2.05, 4.69) is 35.5 Å². The SMILES string of the molecule is Cc1cn2nc([C@@H]3CCCCN3C(=O)C3Nc4ccccc4N3C)cc2nc1N1CCCC1. The van der Waals surface area contributed by atoms with Crippen molar-refractivity contribution in [2.75, 3.05) is 41.8 Å². The lowest BCUT2D eigenvalue weighted by Gasteiger charge is -2.37. The zero-order valence-electron chi connectivity index (χ0n) is 19.4. The van der Waals surface area contributed by atoms with Crippen molar-refractivity contribution in [1.29, 1.82) is 0 Å². The molecular formula is C25H31N7O. The molecule has 0 bridgehead atoms. The summed E-state index contributed by atoms with van der Waals surface area (Å²) in [5.41, 5.74) is 5.01. The third-order valence-corrected chi connectivity index (χ3v) is 7.35. The monoisotopic (exact) mass is 445 g/mol. The van der Waals surface area contributed by atoms with Gasteiger partial charge in [-0.05, 0) is 51.2 Å². The fraction of sp³-hybridized carbons (Fsp3) is 0.480. The van der Waals surface area contributed by atoms with Gasteiger partial charge in [-0.1, -0.05) is 12.1 Å². The van der Waals surface area contributed by atoms with Gasteiger partial charge in [-0.3, -0.25) is 4.79 Å². The molecule has 5 heterocycles. The van der Waals surface area contributed by atoms with E-state index in [9.17, 15) is 4.79 Å². The molecule has 3 aliphatic rings. The van der Waals surface area contributed by atoms with Crippen LogP contribution in [0.25, 0.3) is 5.65 Å². The number of hydrogen-bond acceptors (Lipinski definition) is 6. The molecule has 0 saturated carbocycles. The zero-order valence-corrected chi connectivity index (χ0v) is 19.4. The Balaban J connectivity index is 1.30. The number of likely N-dealkylation sites (N-methyl/N-ethyl adjacent to an activating group) is 1. The van der Waals surface area contributed by atoms with Gasteiger partial charge in [0.15, 0.2) is 11.8 Å². The van der Waals surface area contributed by atoms with E-state index in [1.165, 1.54) is 12.8 Å². The standard InChI is InChI=1S/C25H31N7O/c1-17-16-32-22(27-23(17)30-12-7-8-13-30)15-19(28-32)21-11-5-6-14-31(21)25(33)24-26-18-9-3-4-10-20(18)29(24)2/h3-4,9-10,15-16,21,24,26H,5-8,11-14H2,1-2H3/t21-,24?/m0/s1. The van der Waals surface area contributed by atoms with E-state index in [1.807, 2.05) is 39.6 Å². The highest BCUT2D eigenvalue weighted by molar-refractivity contribution is 5.93. The molecule has 3 aliphatic heterocycles. The van der Waals surface area contributed by atoms with Crippen molar-refractivity contribution in [3.63, 3.8) is 0 Å². The summed E-state index contributed by atoms with van der Waals surface area (Å²) in [4.78, 5) is 25.1. The molecule has 0 spiro atoms. The number of benzene rings is 1. The van der Waals surface area contributed by atoms with E-state index in [1.54, 1.807) is 0 Å². The second-order valence-electron chi connectivity index (χ2n) is 9.53. The molecule has 8 nitrogen and oxygen atoms in total. The second-order valence-corrected chi connectivity index (χ2v) is 9.53. The molecule has 8 heteroatoms. The molecule has 33 heavy (non-hydrogen) atoms. The summed E-state index contributed by atoms with van der Waals surface area (Å²) in [5.74, 6) is 1.18. The normalized spacial score (nSPS) is 22.7. The van der Waals surface area contributed by atoms with Crippen molar-refractivity contribution in [3.8, 4) is 0 Å². The number of nitrogens with one attached hydrogen (secondary N) is 1. The lowest BCUT2D eigenvalue weighted by Crippen LogP contribution is -2.51. The van der Waals surface area contributed by atoms with E-state index in [0.29, 0.717) is 0 Å². The number of fused-ring (bicyclic) bond motifs is 2. The molecule has 2 fully saturated rings. The molecule has 2 aromatic heterocycles. The van der Waals surface area contributed by atoms with Crippen LogP contribution in [0.4, 0.5) is 17.2 Å². The quantitative estimate of drug-likeness (QED) is 0.665. The molecule has 0 radical (unpaired) electrons. The number of para-hydroxylation sites is 2. The number of aromatic nitrogens is 3. The predicted molar refractivity (Wildman–Crippen MR) is 130 cm³/mol. The molecule has 1 unspecified atom stereocenters. The van der Waals surface area contributed by atoms with Crippen LogP contribution in [0, 0.1) is 6.92 Å². The van der Waals surface area contributed by atoms with Gasteiger partial charge in [-0.2, -0.15) is 5.10 Å². The number of piperidine rings is 1. The lowest BCUT2D eigenvalue weighted by atomic mass is 9.99. The molecule has 172 valence electrons. The first-order chi connectivity index (χ1) is 16.1. The van der Waals surface area contributed by atoms with Gasteiger partial charge >= 0.3 is 0 Å². The molecule has 1 amide bonds. The number of hydrogen-bond donors (Lipinski definition) is 1. The first-order valence-electron chi connectivity index (χ1n) is 12.1. The van der Waals surface area contributed by atoms with Crippen LogP contribution in [-0.2, 0) is 4.79 Å². The van der Waals surface area contributed by atoms with Crippen LogP contribution in [-0.4, -0.2) is 58.3 Å². The first kappa shape index (κ1) is 20.3. The Bertz CT molecular complexity index is 1200. The molecule has 1 N–H and O–H groups in total. The van der Waals surface area contributed by atoms with Crippen LogP contribution in [0.3, 0.4) is 0 Å². The average molecular weight is 446 g/mol. The minimum absolute atomic E-state index is 0.0256. The highest BCUT2D eigenvalue weighted by Crippen LogP contribution is 2.37. The number of aryl methyl sites for hydroxylation is 1. The van der Waals surface area contributed by atoms with Gasteiger partial charge in [0.2, 0.25) is 0 Å². The smallest absolute Gasteiger partial charge is 0.266 e. The van der Waals surface area contributed by atoms with Crippen LogP contribution < -0.4 is 15.1 Å². The maximum Gasteiger partial charge on any atom is 0.266 e. The molecule has 2 saturated heterocycles. The van der Waals surface area contributed by atoms with Gasteiger partial charge in [0, 0.05) is 44.5 Å². The minimum atomic E-state index is -0.387. The Hall–Kier alpha value is -3.29. The van der Waals surface area contributed by atoms with Crippen molar-refractivity contribution >= 4 is 28.7 Å². The summed E-state index contributed by atoms with van der Waals surface area (Å²) in [5, 5.41) is 8.31. The minimum Gasteiger partial charge on any atom is -0.356 e. The van der Waals surface area contributed by atoms with Crippen LogP contribution >= 0.6 is 0 Å². The molecule has 6 rings (SSSR count). The van der Waals surface area contributed by atoms with Crippen molar-refractivity contribution in [3.05, 3.63) is 47.8 Å². The van der Waals surface area contributed by atoms with Gasteiger partial charge in [0.1, 0.15) is 5.82 Å². The summed E-state index contributed by atoms with van der Waals surface area (Å²) < 4.78 is 1.89. The number of likely N-dealkylation sites (tertiary alicyclic amines) is 1. The molecule has 2 atom stereocenters. The highest BCUT2D eigenvalue weighted by Gasteiger charge is 2.39. The third kappa shape index (κ3) is 3.39. The predicted octanol–water partition coefficient (Wildman–Crippen LogP) is 3.58.